The second-order valence-electron chi connectivity index (χ2n) is 4.43. The molecule has 0 amide bonds. The molecule has 19 heavy (non-hydrogen) atoms. The summed E-state index contributed by atoms with van der Waals surface area (Å²) in [5, 5.41) is 0. The van der Waals surface area contributed by atoms with Crippen molar-refractivity contribution in [2.24, 2.45) is 5.73 Å². The van der Waals surface area contributed by atoms with Crippen LogP contribution in [0, 0.1) is 11.6 Å². The molecule has 0 spiro atoms. The Labute approximate surface area is 119 Å². The van der Waals surface area contributed by atoms with Crippen LogP contribution in [0.3, 0.4) is 0 Å². The molecule has 0 aromatic heterocycles. The second-order valence-corrected chi connectivity index (χ2v) is 5.34. The van der Waals surface area contributed by atoms with Crippen LogP contribution in [0.5, 0.6) is 0 Å². The summed E-state index contributed by atoms with van der Waals surface area (Å²) in [6.45, 7) is 0.410. The monoisotopic (exact) mass is 325 g/mol. The van der Waals surface area contributed by atoms with E-state index >= 15 is 0 Å². The smallest absolute Gasteiger partial charge is 0.129 e. The van der Waals surface area contributed by atoms with E-state index in [0.717, 1.165) is 16.1 Å². The first-order chi connectivity index (χ1) is 9.10. The molecule has 0 aliphatic rings. The molecule has 1 atom stereocenters. The minimum Gasteiger partial charge on any atom is -0.330 e. The van der Waals surface area contributed by atoms with E-state index in [1.54, 1.807) is 0 Å². The molecule has 0 bridgehead atoms. The van der Waals surface area contributed by atoms with Crippen LogP contribution in [-0.4, -0.2) is 6.54 Å². The Balaban J connectivity index is 2.24. The lowest BCUT2D eigenvalue weighted by molar-refractivity contribution is 0.561. The molecule has 1 nitrogen and oxygen atoms in total. The van der Waals surface area contributed by atoms with Gasteiger partial charge in [0.25, 0.3) is 0 Å². The Bertz CT molecular complexity index is 572. The van der Waals surface area contributed by atoms with Gasteiger partial charge in [-0.2, -0.15) is 0 Å². The highest BCUT2D eigenvalue weighted by atomic mass is 79.9. The summed E-state index contributed by atoms with van der Waals surface area (Å²) in [4.78, 5) is 0. The van der Waals surface area contributed by atoms with Crippen LogP contribution in [0.1, 0.15) is 17.0 Å². The van der Waals surface area contributed by atoms with E-state index in [2.05, 4.69) is 15.9 Å². The summed E-state index contributed by atoms with van der Waals surface area (Å²) in [7, 11) is 0. The largest absolute Gasteiger partial charge is 0.330 e. The summed E-state index contributed by atoms with van der Waals surface area (Å²) in [6, 6.07) is 11.4. The topological polar surface area (TPSA) is 26.0 Å². The van der Waals surface area contributed by atoms with E-state index in [9.17, 15) is 8.78 Å². The van der Waals surface area contributed by atoms with Crippen molar-refractivity contribution in [3.05, 3.63) is 69.7 Å². The van der Waals surface area contributed by atoms with Gasteiger partial charge < -0.3 is 5.73 Å². The zero-order valence-electron chi connectivity index (χ0n) is 10.2. The minimum atomic E-state index is -0.562. The van der Waals surface area contributed by atoms with Crippen LogP contribution >= 0.6 is 15.9 Å². The lowest BCUT2D eigenvalue weighted by atomic mass is 9.92. The Morgan fingerprint density at radius 2 is 1.89 bits per heavy atom. The molecule has 2 aromatic rings. The van der Waals surface area contributed by atoms with Crippen molar-refractivity contribution in [2.75, 3.05) is 6.54 Å². The van der Waals surface area contributed by atoms with E-state index in [1.807, 2.05) is 24.3 Å². The van der Waals surface area contributed by atoms with Crippen LogP contribution < -0.4 is 5.73 Å². The van der Waals surface area contributed by atoms with Crippen LogP contribution in [-0.2, 0) is 6.42 Å². The normalized spacial score (nSPS) is 12.4. The van der Waals surface area contributed by atoms with Gasteiger partial charge in [-0.3, -0.25) is 0 Å². The van der Waals surface area contributed by atoms with Gasteiger partial charge in [0.2, 0.25) is 0 Å². The van der Waals surface area contributed by atoms with Crippen molar-refractivity contribution < 1.29 is 8.78 Å². The van der Waals surface area contributed by atoms with Crippen molar-refractivity contribution in [1.29, 1.82) is 0 Å². The van der Waals surface area contributed by atoms with Gasteiger partial charge in [-0.25, -0.2) is 8.78 Å². The molecule has 0 radical (unpaired) electrons. The first-order valence-corrected chi connectivity index (χ1v) is 6.79. The van der Waals surface area contributed by atoms with Crippen molar-refractivity contribution in [3.8, 4) is 0 Å². The zero-order valence-corrected chi connectivity index (χ0v) is 11.8. The first-order valence-electron chi connectivity index (χ1n) is 5.99. The maximum Gasteiger partial charge on any atom is 0.129 e. The molecule has 0 fully saturated rings. The lowest BCUT2D eigenvalue weighted by Gasteiger charge is -2.16. The highest BCUT2D eigenvalue weighted by Gasteiger charge is 2.14. The zero-order chi connectivity index (χ0) is 13.8. The number of benzene rings is 2. The Kier molecular flexibility index (Phi) is 4.66. The summed E-state index contributed by atoms with van der Waals surface area (Å²) in [5.74, 6) is -1.07. The highest BCUT2D eigenvalue weighted by molar-refractivity contribution is 9.10. The van der Waals surface area contributed by atoms with Gasteiger partial charge in [-0.05, 0) is 42.3 Å². The molecule has 0 aliphatic heterocycles. The average Bonchev–Trinajstić information content (AvgIpc) is 2.38. The summed E-state index contributed by atoms with van der Waals surface area (Å²) in [6.07, 6.45) is 0.457. The number of hydrogen-bond donors (Lipinski definition) is 1. The fourth-order valence-corrected chi connectivity index (χ4v) is 2.47. The van der Waals surface area contributed by atoms with Gasteiger partial charge in [0.05, 0.1) is 0 Å². The molecule has 1 unspecified atom stereocenters. The summed E-state index contributed by atoms with van der Waals surface area (Å²) in [5.41, 5.74) is 7.30. The third-order valence-electron chi connectivity index (χ3n) is 3.09. The molecular weight excluding hydrogens is 312 g/mol. The van der Waals surface area contributed by atoms with E-state index in [4.69, 9.17) is 5.73 Å². The Morgan fingerprint density at radius 1 is 1.11 bits per heavy atom. The SMILES string of the molecule is NCC(Cc1ccc(F)cc1F)c1cccc(Br)c1. The number of rotatable bonds is 4. The maximum atomic E-state index is 13.7. The molecule has 0 saturated heterocycles. The van der Waals surface area contributed by atoms with Crippen LogP contribution in [0.25, 0.3) is 0 Å². The average molecular weight is 326 g/mol. The van der Waals surface area contributed by atoms with Gasteiger partial charge in [0.1, 0.15) is 11.6 Å². The fraction of sp³-hybridized carbons (Fsp3) is 0.200. The number of hydrogen-bond acceptors (Lipinski definition) is 1. The van der Waals surface area contributed by atoms with E-state index in [1.165, 1.54) is 12.1 Å². The molecule has 0 aliphatic carbocycles. The predicted octanol–water partition coefficient (Wildman–Crippen LogP) is 4.01. The van der Waals surface area contributed by atoms with Gasteiger partial charge in [-0.15, -0.1) is 0 Å². The molecule has 2 rings (SSSR count). The van der Waals surface area contributed by atoms with Crippen LogP contribution in [0.2, 0.25) is 0 Å². The number of nitrogens with two attached hydrogens (primary N) is 1. The summed E-state index contributed by atoms with van der Waals surface area (Å²) < 4.78 is 27.5. The van der Waals surface area contributed by atoms with Crippen molar-refractivity contribution in [1.82, 2.24) is 0 Å². The quantitative estimate of drug-likeness (QED) is 0.903. The van der Waals surface area contributed by atoms with Gasteiger partial charge in [0.15, 0.2) is 0 Å². The van der Waals surface area contributed by atoms with Gasteiger partial charge in [0, 0.05) is 16.5 Å². The van der Waals surface area contributed by atoms with E-state index < -0.39 is 11.6 Å². The molecular formula is C15H14BrF2N. The predicted molar refractivity (Wildman–Crippen MR) is 76.0 cm³/mol. The molecule has 0 heterocycles. The van der Waals surface area contributed by atoms with Gasteiger partial charge in [-0.1, -0.05) is 34.1 Å². The Morgan fingerprint density at radius 3 is 2.53 bits per heavy atom. The highest BCUT2D eigenvalue weighted by Crippen LogP contribution is 2.24. The molecule has 0 saturated carbocycles. The van der Waals surface area contributed by atoms with Crippen LogP contribution in [0.4, 0.5) is 8.78 Å². The maximum absolute atomic E-state index is 13.7. The van der Waals surface area contributed by atoms with Gasteiger partial charge >= 0.3 is 0 Å². The third kappa shape index (κ3) is 3.61. The van der Waals surface area contributed by atoms with E-state index in [-0.39, 0.29) is 5.92 Å². The van der Waals surface area contributed by atoms with Crippen LogP contribution in [0.15, 0.2) is 46.9 Å². The second kappa shape index (κ2) is 6.26. The third-order valence-corrected chi connectivity index (χ3v) is 3.58. The lowest BCUT2D eigenvalue weighted by Crippen LogP contribution is -2.15. The minimum absolute atomic E-state index is 0.0115. The molecule has 2 N–H and O–H groups in total. The Hall–Kier alpha value is -1.26. The standard InChI is InChI=1S/C15H14BrF2N/c16-13-3-1-2-10(7-13)12(9-19)6-11-4-5-14(17)8-15(11)18/h1-5,7-8,12H,6,9,19H2. The fourth-order valence-electron chi connectivity index (χ4n) is 2.05. The summed E-state index contributed by atoms with van der Waals surface area (Å²) >= 11 is 3.40. The number of halogens is 3. The van der Waals surface area contributed by atoms with Crippen molar-refractivity contribution in [3.63, 3.8) is 0 Å². The van der Waals surface area contributed by atoms with E-state index in [0.29, 0.717) is 18.5 Å². The van der Waals surface area contributed by atoms with Crippen molar-refractivity contribution >= 4 is 15.9 Å². The molecule has 2 aromatic carbocycles. The first kappa shape index (κ1) is 14.2. The van der Waals surface area contributed by atoms with Crippen molar-refractivity contribution in [2.45, 2.75) is 12.3 Å². The molecule has 4 heteroatoms. The molecule has 100 valence electrons.